The summed E-state index contributed by atoms with van der Waals surface area (Å²) in [5, 5.41) is 1.34. The van der Waals surface area contributed by atoms with Crippen LogP contribution in [0.1, 0.15) is 54.8 Å². The van der Waals surface area contributed by atoms with Gasteiger partial charge in [0.15, 0.2) is 0 Å². The lowest BCUT2D eigenvalue weighted by molar-refractivity contribution is 0.0278. The molecule has 6 nitrogen and oxygen atoms in total. The van der Waals surface area contributed by atoms with Crippen molar-refractivity contribution in [1.29, 1.82) is 0 Å². The zero-order valence-electron chi connectivity index (χ0n) is 19.8. The van der Waals surface area contributed by atoms with Crippen molar-refractivity contribution in [1.82, 2.24) is 9.47 Å². The topological polar surface area (TPSA) is 52.9 Å². The fourth-order valence-electron chi connectivity index (χ4n) is 4.80. The number of rotatable bonds is 9. The Morgan fingerprint density at radius 2 is 1.82 bits per heavy atom. The van der Waals surface area contributed by atoms with Crippen LogP contribution >= 0.6 is 0 Å². The smallest absolute Gasteiger partial charge is 0.341 e. The normalized spacial score (nSPS) is 16.1. The quantitative estimate of drug-likeness (QED) is 0.417. The van der Waals surface area contributed by atoms with E-state index in [-0.39, 0.29) is 12.2 Å². The number of hydrogen-bond acceptors (Lipinski definition) is 5. The molecular weight excluding hydrogens is 416 g/mol. The number of piperidine rings is 1. The second-order valence-corrected chi connectivity index (χ2v) is 8.52. The van der Waals surface area contributed by atoms with Crippen molar-refractivity contribution in [3.63, 3.8) is 0 Å². The Morgan fingerprint density at radius 3 is 2.58 bits per heavy atom. The van der Waals surface area contributed by atoms with Gasteiger partial charge < -0.3 is 18.8 Å². The predicted octanol–water partition coefficient (Wildman–Crippen LogP) is 5.24. The lowest BCUT2D eigenvalue weighted by atomic mass is 9.89. The van der Waals surface area contributed by atoms with Gasteiger partial charge in [0, 0.05) is 24.7 Å². The molecule has 176 valence electrons. The molecule has 0 saturated carbocycles. The molecule has 1 aliphatic rings. The van der Waals surface area contributed by atoms with E-state index >= 15 is 0 Å². The number of para-hydroxylation sites is 2. The van der Waals surface area contributed by atoms with E-state index in [2.05, 4.69) is 46.9 Å². The monoisotopic (exact) mass is 450 g/mol. The largest absolute Gasteiger partial charge is 0.491 e. The van der Waals surface area contributed by atoms with Gasteiger partial charge in [0.25, 0.3) is 0 Å². The van der Waals surface area contributed by atoms with Gasteiger partial charge in [0.1, 0.15) is 24.1 Å². The van der Waals surface area contributed by atoms with Gasteiger partial charge in [-0.05, 0) is 69.5 Å². The number of esters is 1. The van der Waals surface area contributed by atoms with Gasteiger partial charge in [-0.25, -0.2) is 4.79 Å². The fourth-order valence-corrected chi connectivity index (χ4v) is 4.80. The Morgan fingerprint density at radius 1 is 1.09 bits per heavy atom. The molecular formula is C27H34N2O4. The fraction of sp³-hybridized carbons (Fsp3) is 0.444. The van der Waals surface area contributed by atoms with Crippen molar-refractivity contribution in [2.24, 2.45) is 0 Å². The molecule has 0 spiro atoms. The summed E-state index contributed by atoms with van der Waals surface area (Å²) < 4.78 is 18.9. The molecule has 3 aromatic rings. The SMILES string of the molecule is CCOC(C)n1cc(C2CCN(CCOc3ccccc3C(=O)OC)CC2)c2ccccc21. The highest BCUT2D eigenvalue weighted by Gasteiger charge is 2.24. The maximum absolute atomic E-state index is 11.9. The Bertz CT molecular complexity index is 1070. The highest BCUT2D eigenvalue weighted by molar-refractivity contribution is 5.92. The molecule has 0 amide bonds. The van der Waals surface area contributed by atoms with Crippen molar-refractivity contribution in [2.45, 2.75) is 38.8 Å². The van der Waals surface area contributed by atoms with Crippen LogP contribution in [0.25, 0.3) is 10.9 Å². The van der Waals surface area contributed by atoms with E-state index in [0.717, 1.165) is 32.5 Å². The average molecular weight is 451 g/mol. The molecule has 6 heteroatoms. The molecule has 1 aliphatic heterocycles. The Kier molecular flexibility index (Phi) is 7.68. The standard InChI is InChI=1S/C27H34N2O4/c1-4-32-20(2)29-19-24(22-9-5-7-11-25(22)29)21-13-15-28(16-14-21)17-18-33-26-12-8-6-10-23(26)27(30)31-3/h5-12,19-21H,4,13-18H2,1-3H3. The molecule has 2 heterocycles. The van der Waals surface area contributed by atoms with E-state index in [0.29, 0.717) is 30.4 Å². The van der Waals surface area contributed by atoms with E-state index in [9.17, 15) is 4.79 Å². The van der Waals surface area contributed by atoms with Gasteiger partial charge in [-0.2, -0.15) is 0 Å². The van der Waals surface area contributed by atoms with Crippen LogP contribution in [-0.2, 0) is 9.47 Å². The number of benzene rings is 2. The molecule has 0 bridgehead atoms. The van der Waals surface area contributed by atoms with Crippen molar-refractivity contribution >= 4 is 16.9 Å². The van der Waals surface area contributed by atoms with Gasteiger partial charge in [0.2, 0.25) is 0 Å². The lowest BCUT2D eigenvalue weighted by Gasteiger charge is -2.31. The van der Waals surface area contributed by atoms with E-state index in [4.69, 9.17) is 14.2 Å². The van der Waals surface area contributed by atoms with Crippen LogP contribution in [0.3, 0.4) is 0 Å². The summed E-state index contributed by atoms with van der Waals surface area (Å²) in [6.07, 6.45) is 4.57. The lowest BCUT2D eigenvalue weighted by Crippen LogP contribution is -2.35. The first kappa shape index (κ1) is 23.3. The highest BCUT2D eigenvalue weighted by Crippen LogP contribution is 2.35. The van der Waals surface area contributed by atoms with E-state index in [1.165, 1.54) is 23.6 Å². The second-order valence-electron chi connectivity index (χ2n) is 8.52. The molecule has 1 saturated heterocycles. The number of carbonyl (C=O) groups is 1. The molecule has 1 fully saturated rings. The number of fused-ring (bicyclic) bond motifs is 1. The first-order valence-electron chi connectivity index (χ1n) is 11.9. The molecule has 0 radical (unpaired) electrons. The number of carbonyl (C=O) groups excluding carboxylic acids is 1. The molecule has 1 aromatic heterocycles. The van der Waals surface area contributed by atoms with Crippen LogP contribution in [0.15, 0.2) is 54.7 Å². The summed E-state index contributed by atoms with van der Waals surface area (Å²) in [5.41, 5.74) is 3.14. The third-order valence-corrected chi connectivity index (χ3v) is 6.56. The Labute approximate surface area is 196 Å². The van der Waals surface area contributed by atoms with Crippen molar-refractivity contribution in [2.75, 3.05) is 40.0 Å². The van der Waals surface area contributed by atoms with Crippen LogP contribution in [0, 0.1) is 0 Å². The van der Waals surface area contributed by atoms with Gasteiger partial charge in [0.05, 0.1) is 12.6 Å². The summed E-state index contributed by atoms with van der Waals surface area (Å²) in [6.45, 7) is 8.31. The maximum atomic E-state index is 11.9. The van der Waals surface area contributed by atoms with E-state index < -0.39 is 0 Å². The number of methoxy groups -OCH3 is 1. The zero-order chi connectivity index (χ0) is 23.2. The molecule has 1 unspecified atom stereocenters. The molecule has 2 aromatic carbocycles. The maximum Gasteiger partial charge on any atom is 0.341 e. The summed E-state index contributed by atoms with van der Waals surface area (Å²) >= 11 is 0. The van der Waals surface area contributed by atoms with Crippen LogP contribution in [-0.4, -0.2) is 55.4 Å². The third-order valence-electron chi connectivity index (χ3n) is 6.56. The van der Waals surface area contributed by atoms with Crippen LogP contribution < -0.4 is 4.74 Å². The third kappa shape index (κ3) is 5.23. The highest BCUT2D eigenvalue weighted by atomic mass is 16.5. The number of hydrogen-bond donors (Lipinski definition) is 0. The molecule has 1 atom stereocenters. The minimum atomic E-state index is -0.371. The summed E-state index contributed by atoms with van der Waals surface area (Å²) in [6, 6.07) is 15.9. The first-order chi connectivity index (χ1) is 16.1. The van der Waals surface area contributed by atoms with E-state index in [1.54, 1.807) is 6.07 Å². The predicted molar refractivity (Wildman–Crippen MR) is 130 cm³/mol. The van der Waals surface area contributed by atoms with Gasteiger partial charge in [-0.15, -0.1) is 0 Å². The number of nitrogens with zero attached hydrogens (tertiary/aromatic N) is 2. The minimum absolute atomic E-state index is 0.0266. The number of likely N-dealkylation sites (tertiary alicyclic amines) is 1. The van der Waals surface area contributed by atoms with Crippen LogP contribution in [0.2, 0.25) is 0 Å². The first-order valence-corrected chi connectivity index (χ1v) is 11.9. The van der Waals surface area contributed by atoms with Crippen LogP contribution in [0.4, 0.5) is 0 Å². The molecule has 0 N–H and O–H groups in total. The zero-order valence-corrected chi connectivity index (χ0v) is 19.8. The summed E-state index contributed by atoms with van der Waals surface area (Å²) in [5.74, 6) is 0.752. The number of ether oxygens (including phenoxy) is 3. The van der Waals surface area contributed by atoms with Gasteiger partial charge in [-0.3, -0.25) is 4.90 Å². The molecule has 33 heavy (non-hydrogen) atoms. The minimum Gasteiger partial charge on any atom is -0.491 e. The second kappa shape index (κ2) is 10.9. The van der Waals surface area contributed by atoms with E-state index in [1.807, 2.05) is 25.1 Å². The molecule has 4 rings (SSSR count). The Hall–Kier alpha value is -2.83. The van der Waals surface area contributed by atoms with Crippen LogP contribution in [0.5, 0.6) is 5.75 Å². The number of aromatic nitrogens is 1. The van der Waals surface area contributed by atoms with Crippen molar-refractivity contribution in [3.8, 4) is 5.75 Å². The van der Waals surface area contributed by atoms with Crippen molar-refractivity contribution in [3.05, 3.63) is 65.9 Å². The van der Waals surface area contributed by atoms with Crippen molar-refractivity contribution < 1.29 is 19.0 Å². The van der Waals surface area contributed by atoms with Gasteiger partial charge in [-0.1, -0.05) is 30.3 Å². The Balaban J connectivity index is 1.35. The van der Waals surface area contributed by atoms with Gasteiger partial charge >= 0.3 is 5.97 Å². The average Bonchev–Trinajstić information content (AvgIpc) is 3.24. The summed E-state index contributed by atoms with van der Waals surface area (Å²) in [7, 11) is 1.39. The summed E-state index contributed by atoms with van der Waals surface area (Å²) in [4.78, 5) is 14.4. The molecule has 0 aliphatic carbocycles.